The van der Waals surface area contributed by atoms with Crippen molar-refractivity contribution in [3.8, 4) is 17.2 Å². The van der Waals surface area contributed by atoms with Crippen LogP contribution in [0.4, 0.5) is 0 Å². The third-order valence-electron chi connectivity index (χ3n) is 7.69. The summed E-state index contributed by atoms with van der Waals surface area (Å²) in [7, 11) is -8.91. The summed E-state index contributed by atoms with van der Waals surface area (Å²) >= 11 is 0.537. The molecule has 0 unspecified atom stereocenters. The van der Waals surface area contributed by atoms with E-state index in [2.05, 4.69) is 16.3 Å². The smallest absolute Gasteiger partial charge is 0.744 e. The van der Waals surface area contributed by atoms with Gasteiger partial charge in [0.05, 0.1) is 26.7 Å². The van der Waals surface area contributed by atoms with E-state index in [9.17, 15) is 42.0 Å². The summed E-state index contributed by atoms with van der Waals surface area (Å²) in [5, 5.41) is 41.9. The molecule has 0 atom stereocenters. The van der Waals surface area contributed by atoms with Crippen molar-refractivity contribution in [2.24, 2.45) is 0 Å². The fourth-order valence-corrected chi connectivity index (χ4v) is 7.60. The zero-order valence-corrected chi connectivity index (χ0v) is 44.2. The van der Waals surface area contributed by atoms with Gasteiger partial charge in [0.15, 0.2) is 0 Å². The molecule has 11 nitrogen and oxygen atoms in total. The summed E-state index contributed by atoms with van der Waals surface area (Å²) in [6.07, 6.45) is 0. The van der Waals surface area contributed by atoms with Crippen LogP contribution in [0.15, 0.2) is 129 Å². The number of aryl methyl sites for hydroxylation is 2. The van der Waals surface area contributed by atoms with Crippen LogP contribution in [0.25, 0.3) is 0 Å². The molecule has 5 aromatic rings. The Hall–Kier alpha value is -2.41. The second-order valence-corrected chi connectivity index (χ2v) is 14.8. The average Bonchev–Trinajstić information content (AvgIpc) is 3.24. The molecule has 0 aromatic heterocycles. The maximum atomic E-state index is 12.7. The van der Waals surface area contributed by atoms with Gasteiger partial charge < -0.3 is 25.1 Å². The van der Waals surface area contributed by atoms with Gasteiger partial charge in [-0.15, -0.1) is 0 Å². The van der Waals surface area contributed by atoms with Crippen LogP contribution in [-0.4, -0.2) is 36.7 Å². The zero-order valence-electron chi connectivity index (χ0n) is 37.7. The first-order valence-electron chi connectivity index (χ1n) is 19.0. The van der Waals surface area contributed by atoms with Gasteiger partial charge in [-0.1, -0.05) is 118 Å². The van der Waals surface area contributed by atoms with Gasteiger partial charge in [0.1, 0.15) is 27.4 Å². The van der Waals surface area contributed by atoms with Crippen molar-refractivity contribution in [3.05, 3.63) is 137 Å². The molecule has 0 aliphatic heterocycles. The number of sulfone groups is 1. The molecule has 0 saturated carbocycles. The molecule has 0 aliphatic carbocycles. The molecule has 0 bridgehead atoms. The van der Waals surface area contributed by atoms with Crippen LogP contribution < -0.4 is 64.4 Å². The summed E-state index contributed by atoms with van der Waals surface area (Å²) in [5.74, 6) is 0.646. The SMILES string of the molecule is CC.CC.CC.CC.CC.CC(c1ccc(O)cc1)(c1ccc(O)cc1)c1ccc(O)cc1.Cc1ccc(S(=O)(=O)c2ccc(C)c(S(=O)(=O)[O-])c2)cc1SOO[O-].[Na+].[Na+]. The Balaban J connectivity index is -0.000000421. The first kappa shape index (κ1) is 64.2. The summed E-state index contributed by atoms with van der Waals surface area (Å²) < 4.78 is 63.5. The van der Waals surface area contributed by atoms with Gasteiger partial charge in [0.2, 0.25) is 9.84 Å². The van der Waals surface area contributed by atoms with E-state index in [1.807, 2.05) is 106 Å². The van der Waals surface area contributed by atoms with Crippen LogP contribution in [-0.2, 0) is 34.7 Å². The average molecular weight is 907 g/mol. The number of benzene rings is 5. The number of phenolic OH excluding ortho intramolecular Hbond substituents is 3. The predicted octanol–water partition coefficient (Wildman–Crippen LogP) is 4.57. The van der Waals surface area contributed by atoms with Gasteiger partial charge in [-0.25, -0.2) is 16.8 Å². The van der Waals surface area contributed by atoms with Gasteiger partial charge in [0.25, 0.3) is 0 Å². The molecule has 0 amide bonds. The Morgan fingerprint density at radius 1 is 0.533 bits per heavy atom. The van der Waals surface area contributed by atoms with E-state index in [4.69, 9.17) is 0 Å². The zero-order chi connectivity index (χ0) is 45.3. The Morgan fingerprint density at radius 3 is 1.17 bits per heavy atom. The van der Waals surface area contributed by atoms with E-state index >= 15 is 0 Å². The van der Waals surface area contributed by atoms with Crippen LogP contribution in [0.2, 0.25) is 0 Å². The first-order chi connectivity index (χ1) is 27.6. The Kier molecular flexibility index (Phi) is 35.5. The Bertz CT molecular complexity index is 2000. The minimum atomic E-state index is -4.82. The monoisotopic (exact) mass is 906 g/mol. The van der Waals surface area contributed by atoms with E-state index in [1.54, 1.807) is 43.3 Å². The van der Waals surface area contributed by atoms with Crippen LogP contribution in [0, 0.1) is 13.8 Å². The molecule has 16 heteroatoms. The van der Waals surface area contributed by atoms with Crippen molar-refractivity contribution >= 4 is 32.0 Å². The van der Waals surface area contributed by atoms with Crippen molar-refractivity contribution in [1.82, 2.24) is 0 Å². The van der Waals surface area contributed by atoms with Crippen LogP contribution >= 0.6 is 12.0 Å². The summed E-state index contributed by atoms with van der Waals surface area (Å²) in [6, 6.07) is 28.6. The van der Waals surface area contributed by atoms with Crippen LogP contribution in [0.5, 0.6) is 17.2 Å². The summed E-state index contributed by atoms with van der Waals surface area (Å²) in [4.78, 5) is -0.777. The second kappa shape index (κ2) is 33.2. The van der Waals surface area contributed by atoms with E-state index < -0.39 is 30.3 Å². The number of aromatic hydroxyl groups is 3. The molecule has 3 N–H and O–H groups in total. The quantitative estimate of drug-likeness (QED) is 0.0467. The molecule has 5 rings (SSSR count). The molecule has 0 radical (unpaired) electrons. The number of hydrogen-bond acceptors (Lipinski definition) is 12. The fraction of sp³-hybridized carbons (Fsp3) is 0.318. The molecule has 322 valence electrons. The van der Waals surface area contributed by atoms with Crippen molar-refractivity contribution in [2.75, 3.05) is 0 Å². The third kappa shape index (κ3) is 18.9. The van der Waals surface area contributed by atoms with E-state index in [-0.39, 0.29) is 91.7 Å². The third-order valence-corrected chi connectivity index (χ3v) is 11.2. The van der Waals surface area contributed by atoms with Gasteiger partial charge >= 0.3 is 59.1 Å². The molecule has 0 fully saturated rings. The van der Waals surface area contributed by atoms with Crippen molar-refractivity contribution < 1.29 is 110 Å². The van der Waals surface area contributed by atoms with Gasteiger partial charge in [-0.2, -0.15) is 4.33 Å². The fourth-order valence-electron chi connectivity index (χ4n) is 4.93. The van der Waals surface area contributed by atoms with E-state index in [1.165, 1.54) is 37.3 Å². The summed E-state index contributed by atoms with van der Waals surface area (Å²) in [6.45, 7) is 25.1. The Labute approximate surface area is 407 Å². The largest absolute Gasteiger partial charge is 1.00 e. The maximum Gasteiger partial charge on any atom is 1.00 e. The molecular formula is C44H60Na2O11S3. The standard InChI is InChI=1S/C20H18O3.C14H14O8S3.5C2H6.2Na/c1-20(14-2-8-17(21)9-3-14,15-4-10-18(22)11-5-15)16-6-12-19(23)13-7-16;1-9-3-5-11(7-13(9)23-22-21-15)24(16,17)12-6-4-10(2)14(8-12)25(18,19)20;5*1-2;;/h2-13,21-23H,1H3;3-8,15H,1-2H3,(H,18,19,20);5*1-2H3;;/q;;;;;;;2*+1/p-2. The van der Waals surface area contributed by atoms with Gasteiger partial charge in [-0.3, -0.25) is 5.04 Å². The van der Waals surface area contributed by atoms with Gasteiger partial charge in [-0.05, 0) is 109 Å². The van der Waals surface area contributed by atoms with Crippen molar-refractivity contribution in [2.45, 2.75) is 115 Å². The number of phenols is 3. The first-order valence-corrected chi connectivity index (χ1v) is 22.6. The summed E-state index contributed by atoms with van der Waals surface area (Å²) in [5.41, 5.74) is 3.32. The normalized spacial score (nSPS) is 9.98. The number of hydrogen-bond donors (Lipinski definition) is 3. The van der Waals surface area contributed by atoms with Gasteiger partial charge in [0, 0.05) is 10.3 Å². The van der Waals surface area contributed by atoms with Crippen LogP contribution in [0.3, 0.4) is 0 Å². The van der Waals surface area contributed by atoms with Crippen molar-refractivity contribution in [3.63, 3.8) is 0 Å². The molecule has 0 heterocycles. The Morgan fingerprint density at radius 2 is 0.850 bits per heavy atom. The molecule has 60 heavy (non-hydrogen) atoms. The van der Waals surface area contributed by atoms with Crippen LogP contribution in [0.1, 0.15) is 104 Å². The van der Waals surface area contributed by atoms with Crippen molar-refractivity contribution in [1.29, 1.82) is 0 Å². The number of rotatable bonds is 9. The second-order valence-electron chi connectivity index (χ2n) is 10.8. The topological polar surface area (TPSA) is 194 Å². The van der Waals surface area contributed by atoms with E-state index in [0.29, 0.717) is 22.5 Å². The molecule has 0 aliphatic rings. The molecule has 0 saturated heterocycles. The minimum absolute atomic E-state index is 0. The molecule has 5 aromatic carbocycles. The molecule has 0 spiro atoms. The maximum absolute atomic E-state index is 12.7. The minimum Gasteiger partial charge on any atom is -0.744 e. The predicted molar refractivity (Wildman–Crippen MR) is 230 cm³/mol. The van der Waals surface area contributed by atoms with E-state index in [0.717, 1.165) is 22.8 Å². The molecular weight excluding hydrogens is 847 g/mol.